The summed E-state index contributed by atoms with van der Waals surface area (Å²) in [6.45, 7) is 0. The SMILES string of the molecule is CN1C2CCCC1CC(n1nc(C(N)=O)c3cc(N)ccc31)C2. The molecule has 2 bridgehead atoms. The Balaban J connectivity index is 1.79. The summed E-state index contributed by atoms with van der Waals surface area (Å²) >= 11 is 0. The number of carbonyl (C=O) groups excluding carboxylic acids is 1. The largest absolute Gasteiger partial charge is 0.399 e. The maximum atomic E-state index is 11.8. The van der Waals surface area contributed by atoms with E-state index in [0.29, 0.717) is 29.5 Å². The van der Waals surface area contributed by atoms with Crippen molar-refractivity contribution >= 4 is 22.5 Å². The van der Waals surface area contributed by atoms with Crippen molar-refractivity contribution in [3.8, 4) is 0 Å². The van der Waals surface area contributed by atoms with Gasteiger partial charge < -0.3 is 16.4 Å². The Kier molecular flexibility index (Phi) is 3.30. The van der Waals surface area contributed by atoms with Gasteiger partial charge in [0.15, 0.2) is 5.69 Å². The van der Waals surface area contributed by atoms with E-state index in [1.54, 1.807) is 6.07 Å². The van der Waals surface area contributed by atoms with Crippen LogP contribution in [0.2, 0.25) is 0 Å². The summed E-state index contributed by atoms with van der Waals surface area (Å²) in [5, 5.41) is 5.34. The van der Waals surface area contributed by atoms with Crippen LogP contribution in [-0.4, -0.2) is 39.7 Å². The van der Waals surface area contributed by atoms with Crippen LogP contribution >= 0.6 is 0 Å². The first-order valence-corrected chi connectivity index (χ1v) is 8.34. The van der Waals surface area contributed by atoms with Crippen LogP contribution in [-0.2, 0) is 0 Å². The van der Waals surface area contributed by atoms with Gasteiger partial charge in [0.2, 0.25) is 0 Å². The molecule has 2 aliphatic rings. The number of nitrogen functional groups attached to an aromatic ring is 1. The number of fused-ring (bicyclic) bond motifs is 3. The maximum absolute atomic E-state index is 11.8. The normalized spacial score (nSPS) is 28.1. The van der Waals surface area contributed by atoms with Gasteiger partial charge >= 0.3 is 0 Å². The molecule has 6 heteroatoms. The zero-order valence-electron chi connectivity index (χ0n) is 13.4. The number of benzene rings is 1. The number of amides is 1. The Morgan fingerprint density at radius 2 is 1.91 bits per heavy atom. The highest BCUT2D eigenvalue weighted by atomic mass is 16.1. The van der Waals surface area contributed by atoms with Crippen molar-refractivity contribution in [2.45, 2.75) is 50.2 Å². The smallest absolute Gasteiger partial charge is 0.269 e. The number of nitrogens with two attached hydrogens (primary N) is 2. The number of carbonyl (C=O) groups is 1. The van der Waals surface area contributed by atoms with Crippen LogP contribution in [0.5, 0.6) is 0 Å². The molecule has 0 spiro atoms. The third-order valence-electron chi connectivity index (χ3n) is 5.62. The van der Waals surface area contributed by atoms with Crippen LogP contribution < -0.4 is 11.5 Å². The van der Waals surface area contributed by atoms with E-state index in [2.05, 4.69) is 17.0 Å². The molecular formula is C17H23N5O. The van der Waals surface area contributed by atoms with Crippen molar-refractivity contribution in [2.75, 3.05) is 12.8 Å². The van der Waals surface area contributed by atoms with Gasteiger partial charge in [-0.2, -0.15) is 5.10 Å². The zero-order chi connectivity index (χ0) is 16.1. The molecule has 2 fully saturated rings. The number of hydrogen-bond acceptors (Lipinski definition) is 4. The minimum Gasteiger partial charge on any atom is -0.399 e. The molecule has 0 aliphatic carbocycles. The first-order chi connectivity index (χ1) is 11.0. The van der Waals surface area contributed by atoms with Gasteiger partial charge in [0, 0.05) is 23.2 Å². The third kappa shape index (κ3) is 2.28. The standard InChI is InChI=1S/C17H23N5O/c1-21-11-3-2-4-12(21)9-13(8-11)22-15-6-5-10(18)7-14(15)16(20-22)17(19)23/h5-7,11-13H,2-4,8-9,18H2,1H3,(H2,19,23). The number of hydrogen-bond donors (Lipinski definition) is 2. The molecular weight excluding hydrogens is 290 g/mol. The topological polar surface area (TPSA) is 90.2 Å². The van der Waals surface area contributed by atoms with E-state index in [0.717, 1.165) is 23.7 Å². The summed E-state index contributed by atoms with van der Waals surface area (Å²) in [7, 11) is 2.24. The number of nitrogens with zero attached hydrogens (tertiary/aromatic N) is 3. The van der Waals surface area contributed by atoms with Gasteiger partial charge in [0.1, 0.15) is 0 Å². The van der Waals surface area contributed by atoms with Crippen LogP contribution in [0.3, 0.4) is 0 Å². The van der Waals surface area contributed by atoms with Crippen LogP contribution in [0.25, 0.3) is 10.9 Å². The third-order valence-corrected chi connectivity index (χ3v) is 5.62. The minimum atomic E-state index is -0.493. The molecule has 3 heterocycles. The second-order valence-electron chi connectivity index (χ2n) is 6.96. The van der Waals surface area contributed by atoms with Crippen molar-refractivity contribution < 1.29 is 4.79 Å². The van der Waals surface area contributed by atoms with Crippen LogP contribution in [0.15, 0.2) is 18.2 Å². The number of piperidine rings is 2. The van der Waals surface area contributed by atoms with Crippen LogP contribution in [0.4, 0.5) is 5.69 Å². The predicted octanol–water partition coefficient (Wildman–Crippen LogP) is 1.91. The van der Waals surface area contributed by atoms with Crippen molar-refractivity contribution in [1.29, 1.82) is 0 Å². The number of aromatic nitrogens is 2. The van der Waals surface area contributed by atoms with Crippen molar-refractivity contribution in [3.05, 3.63) is 23.9 Å². The maximum Gasteiger partial charge on any atom is 0.269 e. The fraction of sp³-hybridized carbons (Fsp3) is 0.529. The highest BCUT2D eigenvalue weighted by molar-refractivity contribution is 6.04. The van der Waals surface area contributed by atoms with Gasteiger partial charge in [-0.25, -0.2) is 0 Å². The van der Waals surface area contributed by atoms with Crippen molar-refractivity contribution in [3.63, 3.8) is 0 Å². The molecule has 2 saturated heterocycles. The van der Waals surface area contributed by atoms with E-state index in [9.17, 15) is 4.79 Å². The molecule has 1 aromatic heterocycles. The Labute approximate surface area is 135 Å². The Hall–Kier alpha value is -2.08. The lowest BCUT2D eigenvalue weighted by atomic mass is 9.82. The van der Waals surface area contributed by atoms with Crippen LogP contribution in [0.1, 0.15) is 48.6 Å². The molecule has 4 N–H and O–H groups in total. The zero-order valence-corrected chi connectivity index (χ0v) is 13.4. The first-order valence-electron chi connectivity index (χ1n) is 8.34. The van der Waals surface area contributed by atoms with Gasteiger partial charge in [-0.3, -0.25) is 9.48 Å². The van der Waals surface area contributed by atoms with E-state index in [4.69, 9.17) is 11.5 Å². The molecule has 0 radical (unpaired) electrons. The average molecular weight is 313 g/mol. The molecule has 2 unspecified atom stereocenters. The average Bonchev–Trinajstić information content (AvgIpc) is 2.85. The molecule has 6 nitrogen and oxygen atoms in total. The van der Waals surface area contributed by atoms with Crippen molar-refractivity contribution in [1.82, 2.24) is 14.7 Å². The Bertz CT molecular complexity index is 754. The Morgan fingerprint density at radius 1 is 1.22 bits per heavy atom. The molecule has 1 aromatic carbocycles. The lowest BCUT2D eigenvalue weighted by molar-refractivity contribution is 0.0379. The molecule has 2 atom stereocenters. The minimum absolute atomic E-state index is 0.320. The molecule has 23 heavy (non-hydrogen) atoms. The highest BCUT2D eigenvalue weighted by Gasteiger charge is 2.37. The van der Waals surface area contributed by atoms with Crippen molar-refractivity contribution in [2.24, 2.45) is 5.73 Å². The fourth-order valence-corrected chi connectivity index (χ4v) is 4.41. The van der Waals surface area contributed by atoms with Gasteiger partial charge in [0.25, 0.3) is 5.91 Å². The second kappa shape index (κ2) is 5.23. The van der Waals surface area contributed by atoms with E-state index < -0.39 is 5.91 Å². The number of anilines is 1. The molecule has 4 rings (SSSR count). The molecule has 122 valence electrons. The van der Waals surface area contributed by atoms with E-state index in [-0.39, 0.29) is 0 Å². The lowest BCUT2D eigenvalue weighted by Crippen LogP contribution is -2.50. The fourth-order valence-electron chi connectivity index (χ4n) is 4.41. The van der Waals surface area contributed by atoms with E-state index >= 15 is 0 Å². The molecule has 2 aromatic rings. The summed E-state index contributed by atoms with van der Waals surface area (Å²) in [4.78, 5) is 14.3. The van der Waals surface area contributed by atoms with E-state index in [1.807, 2.05) is 16.8 Å². The highest BCUT2D eigenvalue weighted by Crippen LogP contribution is 2.39. The Morgan fingerprint density at radius 3 is 2.57 bits per heavy atom. The quantitative estimate of drug-likeness (QED) is 0.829. The molecule has 2 aliphatic heterocycles. The van der Waals surface area contributed by atoms with Crippen LogP contribution in [0, 0.1) is 0 Å². The number of rotatable bonds is 2. The van der Waals surface area contributed by atoms with Gasteiger partial charge in [0.05, 0.1) is 11.6 Å². The summed E-state index contributed by atoms with van der Waals surface area (Å²) in [6.07, 6.45) is 5.96. The monoisotopic (exact) mass is 313 g/mol. The second-order valence-corrected chi connectivity index (χ2v) is 6.96. The van der Waals surface area contributed by atoms with E-state index in [1.165, 1.54) is 19.3 Å². The molecule has 0 saturated carbocycles. The van der Waals surface area contributed by atoms with Gasteiger partial charge in [-0.1, -0.05) is 6.42 Å². The predicted molar refractivity (Wildman–Crippen MR) is 90.1 cm³/mol. The summed E-state index contributed by atoms with van der Waals surface area (Å²) in [6, 6.07) is 7.16. The molecule has 1 amide bonds. The summed E-state index contributed by atoms with van der Waals surface area (Å²) in [5.74, 6) is -0.493. The van der Waals surface area contributed by atoms with Gasteiger partial charge in [-0.15, -0.1) is 0 Å². The number of primary amides is 1. The lowest BCUT2D eigenvalue weighted by Gasteiger charge is -2.47. The summed E-state index contributed by atoms with van der Waals surface area (Å²) < 4.78 is 2.02. The summed E-state index contributed by atoms with van der Waals surface area (Å²) in [5.41, 5.74) is 13.3. The van der Waals surface area contributed by atoms with Gasteiger partial charge in [-0.05, 0) is 50.9 Å². The first kappa shape index (κ1) is 14.5.